The molecule has 55 valence electrons. The molecule has 2 nitrogen and oxygen atoms in total. The molecule has 0 atom stereocenters. The molecule has 2 rings (SSSR count). The molecular formula is C7H5IO2Si+. The van der Waals surface area contributed by atoms with Gasteiger partial charge in [-0.3, -0.25) is 0 Å². The normalized spacial score (nSPS) is 15.0. The van der Waals surface area contributed by atoms with Crippen LogP contribution in [0.1, 0.15) is 0 Å². The van der Waals surface area contributed by atoms with Crippen LogP contribution in [0.25, 0.3) is 0 Å². The van der Waals surface area contributed by atoms with E-state index < -0.39 is 9.28 Å². The molecule has 0 saturated carbocycles. The highest BCUT2D eigenvalue weighted by Gasteiger charge is 2.41. The average Bonchev–Trinajstić information content (AvgIpc) is 2.46. The van der Waals surface area contributed by atoms with Crippen LogP contribution in [0.5, 0.6) is 11.5 Å². The molecule has 0 unspecified atom stereocenters. The van der Waals surface area contributed by atoms with Gasteiger partial charge in [0.1, 0.15) is 0 Å². The molecule has 1 aromatic carbocycles. The van der Waals surface area contributed by atoms with Crippen molar-refractivity contribution in [3.05, 3.63) is 28.3 Å². The molecule has 0 aliphatic carbocycles. The van der Waals surface area contributed by atoms with Crippen molar-refractivity contribution in [3.63, 3.8) is 0 Å². The summed E-state index contributed by atoms with van der Waals surface area (Å²) in [6.45, 7) is 0. The Bertz CT molecular complexity index is 241. The van der Waals surface area contributed by atoms with Crippen molar-refractivity contribution < 1.29 is 8.85 Å². The number of hydrogen-bond acceptors (Lipinski definition) is 2. The zero-order valence-corrected chi connectivity index (χ0v) is 8.74. The molecule has 0 saturated heterocycles. The zero-order valence-electron chi connectivity index (χ0n) is 5.58. The molecule has 0 aromatic heterocycles. The Morgan fingerprint density at radius 3 is 2.18 bits per heavy atom. The van der Waals surface area contributed by atoms with Crippen molar-refractivity contribution in [2.75, 3.05) is 0 Å². The van der Waals surface area contributed by atoms with Gasteiger partial charge in [0.25, 0.3) is 0 Å². The molecule has 0 N–H and O–H groups in total. The Kier molecular flexibility index (Phi) is 1.95. The Morgan fingerprint density at radius 2 is 1.73 bits per heavy atom. The first-order valence-corrected chi connectivity index (χ1v) is 5.79. The van der Waals surface area contributed by atoms with Crippen LogP contribution < -0.4 is 8.85 Å². The van der Waals surface area contributed by atoms with Crippen molar-refractivity contribution in [3.8, 4) is 11.5 Å². The smallest absolute Gasteiger partial charge is 0.470 e. The van der Waals surface area contributed by atoms with Crippen LogP contribution in [0.4, 0.5) is 0 Å². The third-order valence-electron chi connectivity index (χ3n) is 1.36. The van der Waals surface area contributed by atoms with Crippen molar-refractivity contribution in [1.82, 2.24) is 0 Å². The van der Waals surface area contributed by atoms with E-state index in [2.05, 4.69) is 22.6 Å². The van der Waals surface area contributed by atoms with Crippen molar-refractivity contribution in [1.29, 1.82) is 0 Å². The average molecular weight is 276 g/mol. The van der Waals surface area contributed by atoms with Gasteiger partial charge in [0.15, 0.2) is 38.1 Å². The number of fused-ring (bicyclic) bond motifs is 1. The maximum Gasteiger partial charge on any atom is 0.830 e. The number of halogens is 1. The fourth-order valence-electron chi connectivity index (χ4n) is 0.901. The summed E-state index contributed by atoms with van der Waals surface area (Å²) in [4.78, 5) is 0. The summed E-state index contributed by atoms with van der Waals surface area (Å²) in [6, 6.07) is 7.74. The van der Waals surface area contributed by atoms with E-state index in [9.17, 15) is 0 Å². The molecule has 0 bridgehead atoms. The van der Waals surface area contributed by atoms with Gasteiger partial charge in [0.2, 0.25) is 0 Å². The lowest BCUT2D eigenvalue weighted by Crippen LogP contribution is -2.22. The Labute approximate surface area is 80.5 Å². The number of rotatable bonds is 1. The first-order valence-electron chi connectivity index (χ1n) is 3.15. The molecule has 1 aliphatic heterocycles. The van der Waals surface area contributed by atoms with Crippen LogP contribution in [0, 0.1) is 4.05 Å². The molecule has 0 fully saturated rings. The van der Waals surface area contributed by atoms with Gasteiger partial charge >= 0.3 is 9.28 Å². The second-order valence-corrected chi connectivity index (χ2v) is 5.21. The second-order valence-electron chi connectivity index (χ2n) is 2.08. The van der Waals surface area contributed by atoms with Gasteiger partial charge in [-0.2, -0.15) is 0 Å². The summed E-state index contributed by atoms with van der Waals surface area (Å²) < 4.78 is 12.9. The predicted molar refractivity (Wildman–Crippen MR) is 51.8 cm³/mol. The summed E-state index contributed by atoms with van der Waals surface area (Å²) in [7, 11) is -1.15. The first-order chi connectivity index (χ1) is 5.40. The van der Waals surface area contributed by atoms with Crippen LogP contribution in [-0.4, -0.2) is 9.28 Å². The Hall–Kier alpha value is -0.363. The summed E-state index contributed by atoms with van der Waals surface area (Å²) in [5.74, 6) is 1.74. The van der Waals surface area contributed by atoms with E-state index in [1.165, 1.54) is 0 Å². The third kappa shape index (κ3) is 1.32. The summed E-state index contributed by atoms with van der Waals surface area (Å²) in [6.07, 6.45) is 0. The Morgan fingerprint density at radius 1 is 1.18 bits per heavy atom. The van der Waals surface area contributed by atoms with E-state index in [-0.39, 0.29) is 0 Å². The van der Waals surface area contributed by atoms with Gasteiger partial charge < -0.3 is 8.85 Å². The summed E-state index contributed by atoms with van der Waals surface area (Å²) >= 11 is 2.16. The first kappa shape index (κ1) is 7.29. The van der Waals surface area contributed by atoms with Crippen LogP contribution in [0.15, 0.2) is 24.3 Å². The predicted octanol–water partition coefficient (Wildman–Crippen LogP) is 2.08. The minimum atomic E-state index is -1.15. The fraction of sp³-hybridized carbons (Fsp3) is 0. The zero-order chi connectivity index (χ0) is 7.68. The van der Waals surface area contributed by atoms with Crippen LogP contribution in [0.2, 0.25) is 0 Å². The topological polar surface area (TPSA) is 18.5 Å². The van der Waals surface area contributed by atoms with E-state index in [1.54, 1.807) is 0 Å². The third-order valence-corrected chi connectivity index (χ3v) is 3.91. The largest absolute Gasteiger partial charge is 0.830 e. The molecule has 1 heterocycles. The second kappa shape index (κ2) is 2.94. The number of hydrogen-bond donors (Lipinski definition) is 0. The maximum atomic E-state index is 5.47. The summed E-state index contributed by atoms with van der Waals surface area (Å²) in [5.41, 5.74) is 0. The van der Waals surface area contributed by atoms with Gasteiger partial charge in [0, 0.05) is 0 Å². The van der Waals surface area contributed by atoms with Gasteiger partial charge in [-0.25, -0.2) is 0 Å². The molecule has 4 heteroatoms. The monoisotopic (exact) mass is 276 g/mol. The van der Waals surface area contributed by atoms with Crippen LogP contribution >= 0.6 is 22.6 Å². The minimum absolute atomic E-state index is 0.870. The minimum Gasteiger partial charge on any atom is -0.470 e. The lowest BCUT2D eigenvalue weighted by atomic mass is 10.3. The van der Waals surface area contributed by atoms with E-state index in [1.807, 2.05) is 28.3 Å². The van der Waals surface area contributed by atoms with E-state index in [0.29, 0.717) is 0 Å². The molecule has 11 heavy (non-hydrogen) atoms. The van der Waals surface area contributed by atoms with E-state index in [0.717, 1.165) is 11.5 Å². The van der Waals surface area contributed by atoms with Crippen molar-refractivity contribution in [2.45, 2.75) is 0 Å². The van der Waals surface area contributed by atoms with Crippen LogP contribution in [-0.2, 0) is 0 Å². The highest BCUT2D eigenvalue weighted by molar-refractivity contribution is 14.1. The standard InChI is InChI=1S/C7H5IO2Si/c8-5-11-9-6-3-1-2-4-7(6)10-11/h1-5H/q+1. The molecule has 1 aliphatic rings. The highest BCUT2D eigenvalue weighted by Crippen LogP contribution is 2.33. The van der Waals surface area contributed by atoms with Crippen molar-refractivity contribution >= 4 is 31.9 Å². The number of benzene rings is 1. The molecular weight excluding hydrogens is 271 g/mol. The SMILES string of the molecule is I[CH+][Si]1Oc2ccccc2O1. The molecule has 1 aromatic rings. The van der Waals surface area contributed by atoms with Gasteiger partial charge in [0.05, 0.1) is 0 Å². The lowest BCUT2D eigenvalue weighted by Gasteiger charge is -1.90. The van der Waals surface area contributed by atoms with E-state index in [4.69, 9.17) is 8.85 Å². The lowest BCUT2D eigenvalue weighted by molar-refractivity contribution is 0.515. The number of para-hydroxylation sites is 2. The van der Waals surface area contributed by atoms with Crippen LogP contribution in [0.3, 0.4) is 0 Å². The van der Waals surface area contributed by atoms with Crippen molar-refractivity contribution in [2.24, 2.45) is 0 Å². The maximum absolute atomic E-state index is 5.47. The van der Waals surface area contributed by atoms with Gasteiger partial charge in [-0.1, -0.05) is 12.1 Å². The molecule has 1 radical (unpaired) electrons. The molecule has 0 amide bonds. The van der Waals surface area contributed by atoms with Gasteiger partial charge in [-0.05, 0) is 12.1 Å². The highest BCUT2D eigenvalue weighted by atomic mass is 127. The summed E-state index contributed by atoms with van der Waals surface area (Å²) in [5, 5.41) is 0. The fourth-order valence-corrected chi connectivity index (χ4v) is 2.57. The molecule has 0 spiro atoms. The Balaban J connectivity index is 2.27. The van der Waals surface area contributed by atoms with Gasteiger partial charge in [-0.15, -0.1) is 0 Å². The van der Waals surface area contributed by atoms with E-state index >= 15 is 0 Å². The quantitative estimate of drug-likeness (QED) is 0.444.